The minimum atomic E-state index is 0.565. The van der Waals surface area contributed by atoms with E-state index in [9.17, 15) is 0 Å². The van der Waals surface area contributed by atoms with Crippen LogP contribution in [0.25, 0.3) is 0 Å². The molecule has 1 aromatic carbocycles. The molecule has 2 heteroatoms. The summed E-state index contributed by atoms with van der Waals surface area (Å²) in [5, 5.41) is 3.64. The number of aryl methyl sites for hydroxylation is 2. The van der Waals surface area contributed by atoms with E-state index in [1.807, 2.05) is 0 Å². The summed E-state index contributed by atoms with van der Waals surface area (Å²) in [7, 11) is 0. The lowest BCUT2D eigenvalue weighted by atomic mass is 9.91. The second kappa shape index (κ2) is 5.24. The van der Waals surface area contributed by atoms with Crippen LogP contribution in [-0.2, 0) is 5.75 Å². The van der Waals surface area contributed by atoms with Crippen molar-refractivity contribution in [1.29, 1.82) is 0 Å². The largest absolute Gasteiger partial charge is 0.310 e. The first-order valence-corrected chi connectivity index (χ1v) is 7.29. The van der Waals surface area contributed by atoms with E-state index in [4.69, 9.17) is 0 Å². The molecule has 1 atom stereocenters. The summed E-state index contributed by atoms with van der Waals surface area (Å²) >= 11 is 2.07. The molecule has 0 saturated carbocycles. The van der Waals surface area contributed by atoms with E-state index in [0.717, 1.165) is 6.54 Å². The Bertz CT molecular complexity index is 373. The molecule has 88 valence electrons. The number of benzene rings is 1. The fourth-order valence-electron chi connectivity index (χ4n) is 2.54. The first-order chi connectivity index (χ1) is 7.74. The van der Waals surface area contributed by atoms with Crippen LogP contribution in [-0.4, -0.2) is 12.3 Å². The summed E-state index contributed by atoms with van der Waals surface area (Å²) in [4.78, 5) is 0. The van der Waals surface area contributed by atoms with Crippen LogP contribution < -0.4 is 5.32 Å². The molecule has 0 spiro atoms. The Labute approximate surface area is 103 Å². The highest BCUT2D eigenvalue weighted by atomic mass is 32.2. The van der Waals surface area contributed by atoms with Crippen molar-refractivity contribution in [1.82, 2.24) is 5.32 Å². The maximum absolute atomic E-state index is 3.64. The SMILES string of the molecule is CCNC1CCSCc2c(C)ccc(C)c21. The third-order valence-corrected chi connectivity index (χ3v) is 4.42. The van der Waals surface area contributed by atoms with E-state index < -0.39 is 0 Å². The van der Waals surface area contributed by atoms with Gasteiger partial charge in [0.15, 0.2) is 0 Å². The molecule has 0 amide bonds. The second-order valence-electron chi connectivity index (χ2n) is 4.54. The van der Waals surface area contributed by atoms with Gasteiger partial charge in [-0.05, 0) is 54.8 Å². The van der Waals surface area contributed by atoms with Gasteiger partial charge in [0.2, 0.25) is 0 Å². The molecule has 1 aromatic rings. The fourth-order valence-corrected chi connectivity index (χ4v) is 3.67. The number of rotatable bonds is 2. The smallest absolute Gasteiger partial charge is 0.0333 e. The Hall–Kier alpha value is -0.470. The minimum Gasteiger partial charge on any atom is -0.310 e. The average Bonchev–Trinajstić information content (AvgIpc) is 2.48. The molecule has 1 aliphatic rings. The van der Waals surface area contributed by atoms with E-state index in [0.29, 0.717) is 6.04 Å². The standard InChI is InChI=1S/C14H21NS/c1-4-15-13-7-8-16-9-12-10(2)5-6-11(3)14(12)13/h5-6,13,15H,4,7-9H2,1-3H3. The van der Waals surface area contributed by atoms with Gasteiger partial charge in [-0.1, -0.05) is 19.1 Å². The number of nitrogens with one attached hydrogen (secondary N) is 1. The van der Waals surface area contributed by atoms with Crippen molar-refractivity contribution in [2.45, 2.75) is 39.0 Å². The Morgan fingerprint density at radius 2 is 2.06 bits per heavy atom. The predicted octanol–water partition coefficient (Wildman–Crippen LogP) is 3.59. The highest BCUT2D eigenvalue weighted by Gasteiger charge is 2.20. The van der Waals surface area contributed by atoms with Crippen molar-refractivity contribution in [3.05, 3.63) is 34.4 Å². The van der Waals surface area contributed by atoms with Gasteiger partial charge < -0.3 is 5.32 Å². The van der Waals surface area contributed by atoms with Crippen molar-refractivity contribution < 1.29 is 0 Å². The van der Waals surface area contributed by atoms with Crippen molar-refractivity contribution in [3.63, 3.8) is 0 Å². The average molecular weight is 235 g/mol. The Balaban J connectivity index is 2.46. The van der Waals surface area contributed by atoms with E-state index in [-0.39, 0.29) is 0 Å². The summed E-state index contributed by atoms with van der Waals surface area (Å²) in [6.45, 7) is 7.75. The van der Waals surface area contributed by atoms with E-state index >= 15 is 0 Å². The zero-order chi connectivity index (χ0) is 11.5. The van der Waals surface area contributed by atoms with Gasteiger partial charge in [-0.15, -0.1) is 0 Å². The molecule has 1 unspecified atom stereocenters. The monoisotopic (exact) mass is 235 g/mol. The lowest BCUT2D eigenvalue weighted by Gasteiger charge is -2.21. The third-order valence-electron chi connectivity index (χ3n) is 3.41. The normalized spacial score (nSPS) is 20.3. The maximum atomic E-state index is 3.64. The second-order valence-corrected chi connectivity index (χ2v) is 5.65. The van der Waals surface area contributed by atoms with Crippen molar-refractivity contribution in [2.75, 3.05) is 12.3 Å². The van der Waals surface area contributed by atoms with Crippen LogP contribution in [0.5, 0.6) is 0 Å². The molecule has 0 aromatic heterocycles. The van der Waals surface area contributed by atoms with Gasteiger partial charge in [-0.2, -0.15) is 11.8 Å². The van der Waals surface area contributed by atoms with Gasteiger partial charge in [0, 0.05) is 11.8 Å². The highest BCUT2D eigenvalue weighted by Crippen LogP contribution is 2.34. The Kier molecular flexibility index (Phi) is 3.93. The number of fused-ring (bicyclic) bond motifs is 1. The maximum Gasteiger partial charge on any atom is 0.0333 e. The Morgan fingerprint density at radius 3 is 2.81 bits per heavy atom. The van der Waals surface area contributed by atoms with Crippen LogP contribution in [0.1, 0.15) is 41.6 Å². The molecule has 0 aliphatic carbocycles. The summed E-state index contributed by atoms with van der Waals surface area (Å²) < 4.78 is 0. The van der Waals surface area contributed by atoms with E-state index in [1.54, 1.807) is 11.1 Å². The molecule has 0 fully saturated rings. The van der Waals surface area contributed by atoms with E-state index in [1.165, 1.54) is 29.1 Å². The van der Waals surface area contributed by atoms with Gasteiger partial charge in [-0.3, -0.25) is 0 Å². The molecule has 0 radical (unpaired) electrons. The zero-order valence-corrected chi connectivity index (χ0v) is 11.3. The van der Waals surface area contributed by atoms with Crippen LogP contribution in [0.15, 0.2) is 12.1 Å². The topological polar surface area (TPSA) is 12.0 Å². The third kappa shape index (κ3) is 2.28. The summed E-state index contributed by atoms with van der Waals surface area (Å²) in [5.41, 5.74) is 6.06. The molecule has 1 aliphatic heterocycles. The lowest BCUT2D eigenvalue weighted by Crippen LogP contribution is -2.22. The molecule has 1 nitrogen and oxygen atoms in total. The molecule has 0 bridgehead atoms. The fraction of sp³-hybridized carbons (Fsp3) is 0.571. The number of hydrogen-bond acceptors (Lipinski definition) is 2. The molecule has 16 heavy (non-hydrogen) atoms. The summed E-state index contributed by atoms with van der Waals surface area (Å²) in [6, 6.07) is 5.10. The summed E-state index contributed by atoms with van der Waals surface area (Å²) in [5.74, 6) is 2.45. The molecule has 0 saturated heterocycles. The first-order valence-electron chi connectivity index (χ1n) is 6.14. The van der Waals surface area contributed by atoms with Gasteiger partial charge in [-0.25, -0.2) is 0 Å². The first kappa shape index (κ1) is 12.0. The van der Waals surface area contributed by atoms with Crippen molar-refractivity contribution in [3.8, 4) is 0 Å². The minimum absolute atomic E-state index is 0.565. The highest BCUT2D eigenvalue weighted by molar-refractivity contribution is 7.98. The zero-order valence-electron chi connectivity index (χ0n) is 10.5. The number of hydrogen-bond donors (Lipinski definition) is 1. The van der Waals surface area contributed by atoms with Gasteiger partial charge in [0.05, 0.1) is 0 Å². The van der Waals surface area contributed by atoms with Crippen LogP contribution >= 0.6 is 11.8 Å². The quantitative estimate of drug-likeness (QED) is 0.840. The number of thioether (sulfide) groups is 1. The molecular formula is C14H21NS. The van der Waals surface area contributed by atoms with Crippen LogP contribution in [0.3, 0.4) is 0 Å². The van der Waals surface area contributed by atoms with Crippen molar-refractivity contribution in [2.24, 2.45) is 0 Å². The lowest BCUT2D eigenvalue weighted by molar-refractivity contribution is 0.538. The Morgan fingerprint density at radius 1 is 1.31 bits per heavy atom. The van der Waals surface area contributed by atoms with Crippen LogP contribution in [0.2, 0.25) is 0 Å². The molecule has 1 heterocycles. The van der Waals surface area contributed by atoms with Crippen LogP contribution in [0, 0.1) is 13.8 Å². The van der Waals surface area contributed by atoms with Gasteiger partial charge >= 0.3 is 0 Å². The van der Waals surface area contributed by atoms with Crippen LogP contribution in [0.4, 0.5) is 0 Å². The predicted molar refractivity (Wildman–Crippen MR) is 73.1 cm³/mol. The van der Waals surface area contributed by atoms with Gasteiger partial charge in [0.25, 0.3) is 0 Å². The molecule has 1 N–H and O–H groups in total. The van der Waals surface area contributed by atoms with Crippen molar-refractivity contribution >= 4 is 11.8 Å². The molecular weight excluding hydrogens is 214 g/mol. The van der Waals surface area contributed by atoms with Gasteiger partial charge in [0.1, 0.15) is 0 Å². The molecule has 2 rings (SSSR count). The van der Waals surface area contributed by atoms with E-state index in [2.05, 4.69) is 50.0 Å². The summed E-state index contributed by atoms with van der Waals surface area (Å²) in [6.07, 6.45) is 1.26.